The largest absolute Gasteiger partial charge is 0.341 e. The fourth-order valence-corrected chi connectivity index (χ4v) is 4.70. The summed E-state index contributed by atoms with van der Waals surface area (Å²) in [7, 11) is 0. The van der Waals surface area contributed by atoms with Gasteiger partial charge in [-0.3, -0.25) is 9.59 Å². The monoisotopic (exact) mass is 355 g/mol. The van der Waals surface area contributed by atoms with Crippen LogP contribution in [0.5, 0.6) is 0 Å². The van der Waals surface area contributed by atoms with Crippen molar-refractivity contribution < 1.29 is 9.59 Å². The first-order valence-electron chi connectivity index (χ1n) is 9.95. The number of piperidine rings is 1. The first-order valence-corrected chi connectivity index (χ1v) is 9.95. The highest BCUT2D eigenvalue weighted by Gasteiger charge is 2.58. The normalized spacial score (nSPS) is 25.0. The second-order valence-electron chi connectivity index (χ2n) is 8.21. The Kier molecular flexibility index (Phi) is 4.74. The van der Waals surface area contributed by atoms with Crippen LogP contribution in [0.2, 0.25) is 0 Å². The van der Waals surface area contributed by atoms with Crippen molar-refractivity contribution in [2.45, 2.75) is 32.6 Å². The van der Waals surface area contributed by atoms with Crippen molar-refractivity contribution in [1.29, 1.82) is 0 Å². The van der Waals surface area contributed by atoms with Crippen LogP contribution in [-0.4, -0.2) is 60.9 Å². The Morgan fingerprint density at radius 3 is 2.58 bits per heavy atom. The molecular weight excluding hydrogens is 326 g/mol. The van der Waals surface area contributed by atoms with Crippen LogP contribution in [0.3, 0.4) is 0 Å². The molecule has 1 aromatic carbocycles. The highest BCUT2D eigenvalue weighted by Crippen LogP contribution is 2.59. The molecule has 1 saturated carbocycles. The van der Waals surface area contributed by atoms with Crippen molar-refractivity contribution in [3.05, 3.63) is 35.4 Å². The fraction of sp³-hybridized carbons (Fsp3) is 0.619. The third-order valence-electron chi connectivity index (χ3n) is 6.45. The number of carbonyl (C=O) groups is 2. The molecule has 5 nitrogen and oxygen atoms in total. The molecule has 2 amide bonds. The SMILES string of the molecule is Cc1cccc(C(=O)N2CCCN(C(=O)C3CC34CCNCC4)CC2)c1. The van der Waals surface area contributed by atoms with Crippen LogP contribution in [0.15, 0.2) is 24.3 Å². The van der Waals surface area contributed by atoms with Gasteiger partial charge in [-0.15, -0.1) is 0 Å². The van der Waals surface area contributed by atoms with E-state index < -0.39 is 0 Å². The number of nitrogens with one attached hydrogen (secondary N) is 1. The standard InChI is InChI=1S/C21H29N3O2/c1-16-4-2-5-17(14-16)19(25)23-10-3-11-24(13-12-23)20(26)18-15-21(18)6-8-22-9-7-21/h2,4-5,14,18,22H,3,6-13,15H2,1H3. The molecule has 0 bridgehead atoms. The van der Waals surface area contributed by atoms with Crippen molar-refractivity contribution in [3.63, 3.8) is 0 Å². The maximum atomic E-state index is 13.0. The van der Waals surface area contributed by atoms with Gasteiger partial charge in [0.05, 0.1) is 0 Å². The van der Waals surface area contributed by atoms with E-state index in [2.05, 4.69) is 5.32 Å². The van der Waals surface area contributed by atoms with Gasteiger partial charge >= 0.3 is 0 Å². The van der Waals surface area contributed by atoms with E-state index in [4.69, 9.17) is 0 Å². The van der Waals surface area contributed by atoms with E-state index in [0.717, 1.165) is 63.0 Å². The zero-order valence-corrected chi connectivity index (χ0v) is 15.7. The molecule has 4 rings (SSSR count). The number of hydrogen-bond donors (Lipinski definition) is 1. The Morgan fingerprint density at radius 1 is 1.08 bits per heavy atom. The Hall–Kier alpha value is -1.88. The molecule has 140 valence electrons. The predicted octanol–water partition coefficient (Wildman–Crippen LogP) is 2.06. The van der Waals surface area contributed by atoms with E-state index >= 15 is 0 Å². The van der Waals surface area contributed by atoms with Gasteiger partial charge in [0.1, 0.15) is 0 Å². The highest BCUT2D eigenvalue weighted by molar-refractivity contribution is 5.94. The summed E-state index contributed by atoms with van der Waals surface area (Å²) < 4.78 is 0. The average molecular weight is 355 g/mol. The van der Waals surface area contributed by atoms with E-state index in [-0.39, 0.29) is 17.2 Å². The zero-order valence-electron chi connectivity index (χ0n) is 15.7. The minimum Gasteiger partial charge on any atom is -0.341 e. The first kappa shape index (κ1) is 17.5. The quantitative estimate of drug-likeness (QED) is 0.883. The second kappa shape index (κ2) is 7.03. The maximum absolute atomic E-state index is 13.0. The topological polar surface area (TPSA) is 52.7 Å². The molecule has 1 atom stereocenters. The molecule has 1 spiro atoms. The van der Waals surface area contributed by atoms with Crippen molar-refractivity contribution in [1.82, 2.24) is 15.1 Å². The van der Waals surface area contributed by atoms with Gasteiger partial charge in [0, 0.05) is 37.7 Å². The Bertz CT molecular complexity index is 696. The van der Waals surface area contributed by atoms with Gasteiger partial charge in [0.25, 0.3) is 5.91 Å². The minimum atomic E-state index is 0.0873. The van der Waals surface area contributed by atoms with E-state index in [9.17, 15) is 9.59 Å². The van der Waals surface area contributed by atoms with Gasteiger partial charge in [0.15, 0.2) is 0 Å². The van der Waals surface area contributed by atoms with Gasteiger partial charge in [-0.2, -0.15) is 0 Å². The van der Waals surface area contributed by atoms with Crippen molar-refractivity contribution >= 4 is 11.8 Å². The summed E-state index contributed by atoms with van der Waals surface area (Å²) in [6, 6.07) is 7.77. The third-order valence-corrected chi connectivity index (χ3v) is 6.45. The molecule has 1 aliphatic carbocycles. The lowest BCUT2D eigenvalue weighted by Crippen LogP contribution is -2.39. The number of benzene rings is 1. The number of aryl methyl sites for hydroxylation is 1. The summed E-state index contributed by atoms with van der Waals surface area (Å²) in [6.45, 7) is 6.91. The van der Waals surface area contributed by atoms with Crippen molar-refractivity contribution in [2.24, 2.45) is 11.3 Å². The number of amides is 2. The second-order valence-corrected chi connectivity index (χ2v) is 8.21. The van der Waals surface area contributed by atoms with Gasteiger partial charge in [0.2, 0.25) is 5.91 Å². The van der Waals surface area contributed by atoms with Crippen LogP contribution in [0.1, 0.15) is 41.6 Å². The summed E-state index contributed by atoms with van der Waals surface area (Å²) in [5.74, 6) is 0.643. The van der Waals surface area contributed by atoms with E-state index in [0.29, 0.717) is 19.0 Å². The highest BCUT2D eigenvalue weighted by atomic mass is 16.2. The smallest absolute Gasteiger partial charge is 0.253 e. The van der Waals surface area contributed by atoms with Gasteiger partial charge < -0.3 is 15.1 Å². The summed E-state index contributed by atoms with van der Waals surface area (Å²) in [4.78, 5) is 29.7. The summed E-state index contributed by atoms with van der Waals surface area (Å²) in [5, 5.41) is 3.40. The van der Waals surface area contributed by atoms with Crippen LogP contribution >= 0.6 is 0 Å². The lowest BCUT2D eigenvalue weighted by molar-refractivity contribution is -0.133. The Balaban J connectivity index is 1.36. The van der Waals surface area contributed by atoms with E-state index in [1.54, 1.807) is 0 Å². The van der Waals surface area contributed by atoms with Crippen LogP contribution in [-0.2, 0) is 4.79 Å². The molecule has 2 saturated heterocycles. The van der Waals surface area contributed by atoms with Gasteiger partial charge in [-0.25, -0.2) is 0 Å². The van der Waals surface area contributed by atoms with Crippen LogP contribution < -0.4 is 5.32 Å². The summed E-state index contributed by atoms with van der Waals surface area (Å²) >= 11 is 0. The van der Waals surface area contributed by atoms with E-state index in [1.165, 1.54) is 0 Å². The fourth-order valence-electron chi connectivity index (χ4n) is 4.70. The Morgan fingerprint density at radius 2 is 1.81 bits per heavy atom. The molecule has 3 fully saturated rings. The lowest BCUT2D eigenvalue weighted by Gasteiger charge is -2.26. The number of nitrogens with zero attached hydrogens (tertiary/aromatic N) is 2. The Labute approximate surface area is 155 Å². The number of rotatable bonds is 2. The van der Waals surface area contributed by atoms with Crippen LogP contribution in [0.4, 0.5) is 0 Å². The van der Waals surface area contributed by atoms with Gasteiger partial charge in [-0.1, -0.05) is 17.7 Å². The first-order chi connectivity index (χ1) is 12.6. The number of hydrogen-bond acceptors (Lipinski definition) is 3. The third kappa shape index (κ3) is 3.37. The molecule has 1 N–H and O–H groups in total. The average Bonchev–Trinajstić information content (AvgIpc) is 3.40. The predicted molar refractivity (Wildman–Crippen MR) is 101 cm³/mol. The molecule has 5 heteroatoms. The molecule has 1 aromatic rings. The zero-order chi connectivity index (χ0) is 18.1. The molecule has 2 aliphatic heterocycles. The van der Waals surface area contributed by atoms with Crippen LogP contribution in [0, 0.1) is 18.3 Å². The maximum Gasteiger partial charge on any atom is 0.253 e. The van der Waals surface area contributed by atoms with Crippen LogP contribution in [0.25, 0.3) is 0 Å². The molecule has 26 heavy (non-hydrogen) atoms. The molecule has 3 aliphatic rings. The molecule has 0 radical (unpaired) electrons. The van der Waals surface area contributed by atoms with Gasteiger partial charge in [-0.05, 0) is 63.2 Å². The summed E-state index contributed by atoms with van der Waals surface area (Å²) in [6.07, 6.45) is 4.20. The molecule has 1 unspecified atom stereocenters. The minimum absolute atomic E-state index is 0.0873. The number of carbonyl (C=O) groups excluding carboxylic acids is 2. The molecule has 2 heterocycles. The van der Waals surface area contributed by atoms with Crippen molar-refractivity contribution in [2.75, 3.05) is 39.3 Å². The van der Waals surface area contributed by atoms with E-state index in [1.807, 2.05) is 41.0 Å². The molecular formula is C21H29N3O2. The molecule has 0 aromatic heterocycles. The summed E-state index contributed by atoms with van der Waals surface area (Å²) in [5.41, 5.74) is 2.13. The van der Waals surface area contributed by atoms with Crippen molar-refractivity contribution in [3.8, 4) is 0 Å². The lowest BCUT2D eigenvalue weighted by atomic mass is 9.91.